The summed E-state index contributed by atoms with van der Waals surface area (Å²) < 4.78 is 10.6. The maximum absolute atomic E-state index is 5.66. The molecule has 0 aliphatic carbocycles. The van der Waals surface area contributed by atoms with Gasteiger partial charge in [-0.15, -0.1) is 0 Å². The van der Waals surface area contributed by atoms with Gasteiger partial charge in [0.25, 0.3) is 0 Å². The van der Waals surface area contributed by atoms with Gasteiger partial charge in [-0.1, -0.05) is 12.1 Å². The largest absolute Gasteiger partial charge is 0.494 e. The van der Waals surface area contributed by atoms with Crippen LogP contribution >= 0.6 is 0 Å². The SMILES string of the molecule is COCCNCCCCOc1cccc(C)c1. The number of nitrogens with one attached hydrogen (secondary N) is 1. The second-order valence-corrected chi connectivity index (χ2v) is 4.11. The topological polar surface area (TPSA) is 30.5 Å². The predicted octanol–water partition coefficient (Wildman–Crippen LogP) is 2.39. The van der Waals surface area contributed by atoms with Crippen molar-refractivity contribution < 1.29 is 9.47 Å². The van der Waals surface area contributed by atoms with E-state index >= 15 is 0 Å². The smallest absolute Gasteiger partial charge is 0.119 e. The molecule has 0 spiro atoms. The van der Waals surface area contributed by atoms with E-state index in [0.717, 1.165) is 44.9 Å². The second-order valence-electron chi connectivity index (χ2n) is 4.11. The first-order valence-corrected chi connectivity index (χ1v) is 6.22. The van der Waals surface area contributed by atoms with Crippen molar-refractivity contribution in [2.75, 3.05) is 33.4 Å². The Bertz CT molecular complexity index is 302. The summed E-state index contributed by atoms with van der Waals surface area (Å²) in [6.45, 7) is 5.59. The van der Waals surface area contributed by atoms with Crippen molar-refractivity contribution in [2.24, 2.45) is 0 Å². The van der Waals surface area contributed by atoms with Crippen LogP contribution in [-0.4, -0.2) is 33.4 Å². The molecule has 0 saturated heterocycles. The summed E-state index contributed by atoms with van der Waals surface area (Å²) in [6, 6.07) is 8.17. The standard InChI is InChI=1S/C14H23NO2/c1-13-6-5-7-14(12-13)17-10-4-3-8-15-9-11-16-2/h5-7,12,15H,3-4,8-11H2,1-2H3. The third-order valence-electron chi connectivity index (χ3n) is 2.49. The van der Waals surface area contributed by atoms with Crippen molar-refractivity contribution in [3.63, 3.8) is 0 Å². The second kappa shape index (κ2) is 9.02. The molecule has 3 nitrogen and oxygen atoms in total. The monoisotopic (exact) mass is 237 g/mol. The highest BCUT2D eigenvalue weighted by atomic mass is 16.5. The normalized spacial score (nSPS) is 10.5. The number of hydrogen-bond donors (Lipinski definition) is 1. The maximum Gasteiger partial charge on any atom is 0.119 e. The fraction of sp³-hybridized carbons (Fsp3) is 0.571. The molecule has 0 unspecified atom stereocenters. The van der Waals surface area contributed by atoms with E-state index in [1.807, 2.05) is 12.1 Å². The van der Waals surface area contributed by atoms with E-state index in [4.69, 9.17) is 9.47 Å². The van der Waals surface area contributed by atoms with Crippen LogP contribution in [0.3, 0.4) is 0 Å². The molecule has 0 heterocycles. The summed E-state index contributed by atoms with van der Waals surface area (Å²) in [5.74, 6) is 0.970. The summed E-state index contributed by atoms with van der Waals surface area (Å²) in [4.78, 5) is 0. The highest BCUT2D eigenvalue weighted by Gasteiger charge is 1.94. The zero-order chi connectivity index (χ0) is 12.3. The molecular weight excluding hydrogens is 214 g/mol. The maximum atomic E-state index is 5.66. The average molecular weight is 237 g/mol. The lowest BCUT2D eigenvalue weighted by atomic mass is 10.2. The van der Waals surface area contributed by atoms with E-state index in [0.29, 0.717) is 0 Å². The van der Waals surface area contributed by atoms with Crippen LogP contribution in [0.25, 0.3) is 0 Å². The first-order chi connectivity index (χ1) is 8.33. The van der Waals surface area contributed by atoms with Gasteiger partial charge in [0.05, 0.1) is 13.2 Å². The minimum absolute atomic E-state index is 0.778. The lowest BCUT2D eigenvalue weighted by molar-refractivity contribution is 0.199. The van der Waals surface area contributed by atoms with Crippen LogP contribution < -0.4 is 10.1 Å². The molecule has 1 rings (SSSR count). The minimum Gasteiger partial charge on any atom is -0.494 e. The Hall–Kier alpha value is -1.06. The van der Waals surface area contributed by atoms with Crippen molar-refractivity contribution in [2.45, 2.75) is 19.8 Å². The van der Waals surface area contributed by atoms with Gasteiger partial charge in [-0.05, 0) is 44.0 Å². The summed E-state index contributed by atoms with van der Waals surface area (Å²) >= 11 is 0. The number of unbranched alkanes of at least 4 members (excludes halogenated alkanes) is 1. The molecule has 0 amide bonds. The zero-order valence-electron chi connectivity index (χ0n) is 10.9. The molecule has 0 fully saturated rings. The van der Waals surface area contributed by atoms with Crippen LogP contribution in [0.1, 0.15) is 18.4 Å². The van der Waals surface area contributed by atoms with Crippen molar-refractivity contribution >= 4 is 0 Å². The molecule has 3 heteroatoms. The molecule has 17 heavy (non-hydrogen) atoms. The molecule has 96 valence electrons. The highest BCUT2D eigenvalue weighted by molar-refractivity contribution is 5.27. The third-order valence-corrected chi connectivity index (χ3v) is 2.49. The van der Waals surface area contributed by atoms with Gasteiger partial charge in [-0.25, -0.2) is 0 Å². The summed E-state index contributed by atoms with van der Waals surface area (Å²) in [5, 5.41) is 3.31. The minimum atomic E-state index is 0.778. The fourth-order valence-corrected chi connectivity index (χ4v) is 1.55. The zero-order valence-corrected chi connectivity index (χ0v) is 10.9. The Kier molecular flexibility index (Phi) is 7.43. The van der Waals surface area contributed by atoms with Crippen LogP contribution in [-0.2, 0) is 4.74 Å². The van der Waals surface area contributed by atoms with E-state index in [1.54, 1.807) is 7.11 Å². The van der Waals surface area contributed by atoms with Crippen LogP contribution in [0, 0.1) is 6.92 Å². The molecule has 1 aromatic rings. The van der Waals surface area contributed by atoms with Gasteiger partial charge in [0.15, 0.2) is 0 Å². The van der Waals surface area contributed by atoms with Crippen LogP contribution in [0.2, 0.25) is 0 Å². The Labute approximate surface area is 104 Å². The van der Waals surface area contributed by atoms with E-state index in [9.17, 15) is 0 Å². The molecule has 0 aliphatic heterocycles. The number of ether oxygens (including phenoxy) is 2. The fourth-order valence-electron chi connectivity index (χ4n) is 1.55. The van der Waals surface area contributed by atoms with Gasteiger partial charge in [-0.2, -0.15) is 0 Å². The number of hydrogen-bond acceptors (Lipinski definition) is 3. The van der Waals surface area contributed by atoms with Crippen molar-refractivity contribution in [1.82, 2.24) is 5.32 Å². The van der Waals surface area contributed by atoms with Gasteiger partial charge in [0, 0.05) is 13.7 Å². The Morgan fingerprint density at radius 3 is 2.76 bits per heavy atom. The third kappa shape index (κ3) is 6.97. The van der Waals surface area contributed by atoms with Crippen LogP contribution in [0.4, 0.5) is 0 Å². The van der Waals surface area contributed by atoms with Crippen LogP contribution in [0.5, 0.6) is 5.75 Å². The van der Waals surface area contributed by atoms with E-state index < -0.39 is 0 Å². The quantitative estimate of drug-likeness (QED) is 0.669. The molecule has 1 aromatic carbocycles. The summed E-state index contributed by atoms with van der Waals surface area (Å²) in [7, 11) is 1.72. The number of benzene rings is 1. The Morgan fingerprint density at radius 2 is 2.00 bits per heavy atom. The molecule has 0 atom stereocenters. The Balaban J connectivity index is 1.97. The molecular formula is C14H23NO2. The van der Waals surface area contributed by atoms with Gasteiger partial charge >= 0.3 is 0 Å². The Morgan fingerprint density at radius 1 is 1.12 bits per heavy atom. The van der Waals surface area contributed by atoms with Gasteiger partial charge in [-0.3, -0.25) is 0 Å². The first-order valence-electron chi connectivity index (χ1n) is 6.22. The van der Waals surface area contributed by atoms with E-state index in [-0.39, 0.29) is 0 Å². The van der Waals surface area contributed by atoms with E-state index in [1.165, 1.54) is 5.56 Å². The van der Waals surface area contributed by atoms with Crippen molar-refractivity contribution in [1.29, 1.82) is 0 Å². The number of aryl methyl sites for hydroxylation is 1. The van der Waals surface area contributed by atoms with Crippen molar-refractivity contribution in [3.05, 3.63) is 29.8 Å². The van der Waals surface area contributed by atoms with Gasteiger partial charge in [0.2, 0.25) is 0 Å². The van der Waals surface area contributed by atoms with E-state index in [2.05, 4.69) is 24.4 Å². The molecule has 0 bridgehead atoms. The first kappa shape index (κ1) is 14.0. The lowest BCUT2D eigenvalue weighted by Crippen LogP contribution is -2.20. The molecule has 0 aliphatic rings. The molecule has 0 radical (unpaired) electrons. The molecule has 0 aromatic heterocycles. The van der Waals surface area contributed by atoms with Crippen molar-refractivity contribution in [3.8, 4) is 5.75 Å². The molecule has 1 N–H and O–H groups in total. The molecule has 0 saturated carbocycles. The van der Waals surface area contributed by atoms with Crippen LogP contribution in [0.15, 0.2) is 24.3 Å². The summed E-state index contributed by atoms with van der Waals surface area (Å²) in [6.07, 6.45) is 2.21. The highest BCUT2D eigenvalue weighted by Crippen LogP contribution is 2.12. The summed E-state index contributed by atoms with van der Waals surface area (Å²) in [5.41, 5.74) is 1.24. The number of rotatable bonds is 9. The van der Waals surface area contributed by atoms with Gasteiger partial charge in [0.1, 0.15) is 5.75 Å². The van der Waals surface area contributed by atoms with Gasteiger partial charge < -0.3 is 14.8 Å². The average Bonchev–Trinajstić information content (AvgIpc) is 2.33. The lowest BCUT2D eigenvalue weighted by Gasteiger charge is -2.07. The predicted molar refractivity (Wildman–Crippen MR) is 70.7 cm³/mol. The number of methoxy groups -OCH3 is 1.